The van der Waals surface area contributed by atoms with E-state index in [0.717, 1.165) is 19.0 Å². The second kappa shape index (κ2) is 11.2. The minimum atomic E-state index is -4.72. The Morgan fingerprint density at radius 1 is 1.15 bits per heavy atom. The normalized spacial score (nSPS) is 15.1. The van der Waals surface area contributed by atoms with Crippen molar-refractivity contribution in [2.24, 2.45) is 10.7 Å². The zero-order valence-electron chi connectivity index (χ0n) is 18.2. The zero-order chi connectivity index (χ0) is 24.7. The van der Waals surface area contributed by atoms with Crippen molar-refractivity contribution in [3.8, 4) is 0 Å². The van der Waals surface area contributed by atoms with Crippen molar-refractivity contribution in [2.75, 3.05) is 19.6 Å². The lowest BCUT2D eigenvalue weighted by molar-refractivity contribution is -0.127. The van der Waals surface area contributed by atoms with Gasteiger partial charge in [-0.3, -0.25) is 9.59 Å². The molecular weight excluding hydrogens is 469 g/mol. The number of carbonyl (C=O) groups excluding carboxylic acids is 2. The van der Waals surface area contributed by atoms with E-state index in [1.165, 1.54) is 24.3 Å². The first-order chi connectivity index (χ1) is 16.1. The lowest BCUT2D eigenvalue weighted by atomic mass is 10.1. The van der Waals surface area contributed by atoms with Gasteiger partial charge in [0.1, 0.15) is 5.70 Å². The van der Waals surface area contributed by atoms with Gasteiger partial charge in [-0.2, -0.15) is 13.2 Å². The van der Waals surface area contributed by atoms with Crippen LogP contribution in [0.25, 0.3) is 0 Å². The number of allylic oxidation sites excluding steroid dienone is 2. The number of alkyl halides is 3. The number of amides is 2. The predicted octanol–water partition coefficient (Wildman–Crippen LogP) is 4.61. The Kier molecular flexibility index (Phi) is 8.33. The Hall–Kier alpha value is -3.33. The van der Waals surface area contributed by atoms with E-state index < -0.39 is 11.9 Å². The van der Waals surface area contributed by atoms with Gasteiger partial charge in [-0.05, 0) is 43.2 Å². The Labute approximate surface area is 200 Å². The van der Waals surface area contributed by atoms with E-state index in [1.54, 1.807) is 29.2 Å². The summed E-state index contributed by atoms with van der Waals surface area (Å²) in [4.78, 5) is 30.1. The molecule has 0 unspecified atom stereocenters. The minimum absolute atomic E-state index is 0.0508. The molecule has 3 N–H and O–H groups in total. The molecule has 1 fully saturated rings. The molecule has 2 aromatic rings. The SMILES string of the molecule is N/C(=C\C(=Nc1ccccc1Cl)c1ccc(C(=O)NCCCN2CCCC2=O)cc1)C(F)(F)F. The fraction of sp³-hybridized carbons (Fsp3) is 0.292. The highest BCUT2D eigenvalue weighted by molar-refractivity contribution is 6.33. The molecule has 6 nitrogen and oxygen atoms in total. The predicted molar refractivity (Wildman–Crippen MR) is 125 cm³/mol. The van der Waals surface area contributed by atoms with E-state index >= 15 is 0 Å². The van der Waals surface area contributed by atoms with Gasteiger partial charge in [-0.1, -0.05) is 35.9 Å². The van der Waals surface area contributed by atoms with Gasteiger partial charge >= 0.3 is 6.18 Å². The van der Waals surface area contributed by atoms with Gasteiger partial charge in [-0.25, -0.2) is 4.99 Å². The molecule has 0 spiro atoms. The number of para-hydroxylation sites is 1. The molecule has 0 aromatic heterocycles. The van der Waals surface area contributed by atoms with Gasteiger partial charge in [0, 0.05) is 37.2 Å². The highest BCUT2D eigenvalue weighted by Crippen LogP contribution is 2.27. The molecule has 34 heavy (non-hydrogen) atoms. The molecule has 1 aliphatic heterocycles. The largest absolute Gasteiger partial charge is 0.430 e. The summed E-state index contributed by atoms with van der Waals surface area (Å²) < 4.78 is 39.1. The maximum absolute atomic E-state index is 13.0. The molecule has 3 rings (SSSR count). The number of nitrogens with two attached hydrogens (primary N) is 1. The van der Waals surface area contributed by atoms with E-state index in [9.17, 15) is 22.8 Å². The first-order valence-corrected chi connectivity index (χ1v) is 11.1. The minimum Gasteiger partial charge on any atom is -0.395 e. The lowest BCUT2D eigenvalue weighted by Gasteiger charge is -2.15. The number of likely N-dealkylation sites (tertiary alicyclic amines) is 1. The topological polar surface area (TPSA) is 87.8 Å². The third kappa shape index (κ3) is 6.84. The van der Waals surface area contributed by atoms with Crippen LogP contribution >= 0.6 is 11.6 Å². The summed E-state index contributed by atoms with van der Waals surface area (Å²) in [6.07, 6.45) is -1.92. The maximum atomic E-state index is 13.0. The molecule has 1 heterocycles. The van der Waals surface area contributed by atoms with Crippen molar-refractivity contribution in [2.45, 2.75) is 25.4 Å². The number of nitrogens with zero attached hydrogens (tertiary/aromatic N) is 2. The molecule has 2 aromatic carbocycles. The average molecular weight is 493 g/mol. The van der Waals surface area contributed by atoms with Crippen LogP contribution in [0.5, 0.6) is 0 Å². The first-order valence-electron chi connectivity index (χ1n) is 10.7. The summed E-state index contributed by atoms with van der Waals surface area (Å²) in [5.41, 5.74) is 4.80. The number of nitrogens with one attached hydrogen (secondary N) is 1. The summed E-state index contributed by atoms with van der Waals surface area (Å²) in [5, 5.41) is 3.05. The van der Waals surface area contributed by atoms with Crippen LogP contribution < -0.4 is 11.1 Å². The molecule has 180 valence electrons. The summed E-state index contributed by atoms with van der Waals surface area (Å²) in [5.74, 6) is -0.189. The summed E-state index contributed by atoms with van der Waals surface area (Å²) in [7, 11) is 0. The summed E-state index contributed by atoms with van der Waals surface area (Å²) in [6, 6.07) is 12.5. The molecule has 2 amide bonds. The lowest BCUT2D eigenvalue weighted by Crippen LogP contribution is -2.30. The standard InChI is InChI=1S/C24H24ClF3N4O2/c25-18-5-1-2-6-19(18)31-20(15-21(29)24(26,27)28)16-8-10-17(11-9-16)23(34)30-12-4-14-32-13-3-7-22(32)33/h1-2,5-6,8-11,15H,3-4,7,12-14,29H2,(H,30,34)/b21-15-,31-20?. The molecule has 10 heteroatoms. The number of halogens is 4. The highest BCUT2D eigenvalue weighted by atomic mass is 35.5. The van der Waals surface area contributed by atoms with E-state index in [0.29, 0.717) is 37.1 Å². The Morgan fingerprint density at radius 2 is 1.82 bits per heavy atom. The van der Waals surface area contributed by atoms with Crippen molar-refractivity contribution in [3.05, 3.63) is 76.5 Å². The fourth-order valence-corrected chi connectivity index (χ4v) is 3.57. The monoisotopic (exact) mass is 492 g/mol. The van der Waals surface area contributed by atoms with Crippen molar-refractivity contribution < 1.29 is 22.8 Å². The average Bonchev–Trinajstić information content (AvgIpc) is 3.21. The molecule has 0 atom stereocenters. The molecule has 1 aliphatic rings. The number of hydrogen-bond donors (Lipinski definition) is 2. The number of hydrogen-bond acceptors (Lipinski definition) is 4. The number of rotatable bonds is 8. The third-order valence-electron chi connectivity index (χ3n) is 5.22. The second-order valence-corrected chi connectivity index (χ2v) is 8.12. The van der Waals surface area contributed by atoms with Gasteiger partial charge in [0.15, 0.2) is 0 Å². The molecular formula is C24H24ClF3N4O2. The summed E-state index contributed by atoms with van der Waals surface area (Å²) in [6.45, 7) is 1.74. The first kappa shape index (κ1) is 25.3. The van der Waals surface area contributed by atoms with Crippen molar-refractivity contribution >= 4 is 34.8 Å². The van der Waals surface area contributed by atoms with E-state index in [4.69, 9.17) is 17.3 Å². The third-order valence-corrected chi connectivity index (χ3v) is 5.54. The molecule has 0 aliphatic carbocycles. The van der Waals surface area contributed by atoms with Gasteiger partial charge in [0.05, 0.1) is 16.4 Å². The molecule has 0 saturated carbocycles. The van der Waals surface area contributed by atoms with Gasteiger partial charge in [-0.15, -0.1) is 0 Å². The number of benzene rings is 2. The van der Waals surface area contributed by atoms with E-state index in [2.05, 4.69) is 10.3 Å². The Balaban J connectivity index is 1.72. The van der Waals surface area contributed by atoms with E-state index in [-0.39, 0.29) is 28.2 Å². The maximum Gasteiger partial charge on any atom is 0.430 e. The van der Waals surface area contributed by atoms with Crippen molar-refractivity contribution in [3.63, 3.8) is 0 Å². The van der Waals surface area contributed by atoms with Crippen LogP contribution in [0.2, 0.25) is 5.02 Å². The number of carbonyl (C=O) groups is 2. The van der Waals surface area contributed by atoms with Crippen LogP contribution in [0.4, 0.5) is 18.9 Å². The number of aliphatic imine (C=N–C) groups is 1. The molecule has 0 radical (unpaired) electrons. The second-order valence-electron chi connectivity index (χ2n) is 7.72. The Bertz CT molecular complexity index is 1100. The van der Waals surface area contributed by atoms with Gasteiger partial charge in [0.25, 0.3) is 5.91 Å². The zero-order valence-corrected chi connectivity index (χ0v) is 19.0. The molecule has 0 bridgehead atoms. The van der Waals surface area contributed by atoms with Crippen LogP contribution in [0.15, 0.2) is 65.3 Å². The van der Waals surface area contributed by atoms with Gasteiger partial charge < -0.3 is 16.0 Å². The van der Waals surface area contributed by atoms with Gasteiger partial charge in [0.2, 0.25) is 5.91 Å². The van der Waals surface area contributed by atoms with Crippen molar-refractivity contribution in [1.29, 1.82) is 0 Å². The van der Waals surface area contributed by atoms with Crippen LogP contribution in [0.1, 0.15) is 35.2 Å². The van der Waals surface area contributed by atoms with Crippen LogP contribution in [0, 0.1) is 0 Å². The molecule has 1 saturated heterocycles. The van der Waals surface area contributed by atoms with E-state index in [1.807, 2.05) is 0 Å². The summed E-state index contributed by atoms with van der Waals surface area (Å²) >= 11 is 6.10. The quantitative estimate of drug-likeness (QED) is 0.417. The smallest absolute Gasteiger partial charge is 0.395 e. The Morgan fingerprint density at radius 3 is 2.44 bits per heavy atom. The highest BCUT2D eigenvalue weighted by Gasteiger charge is 2.31. The van der Waals surface area contributed by atoms with Crippen LogP contribution in [0.3, 0.4) is 0 Å². The fourth-order valence-electron chi connectivity index (χ4n) is 3.39. The van der Waals surface area contributed by atoms with Crippen molar-refractivity contribution in [1.82, 2.24) is 10.2 Å². The van der Waals surface area contributed by atoms with Crippen LogP contribution in [-0.2, 0) is 4.79 Å². The van der Waals surface area contributed by atoms with Crippen LogP contribution in [-0.4, -0.2) is 48.2 Å².